The van der Waals surface area contributed by atoms with E-state index in [0.717, 1.165) is 30.5 Å². The minimum absolute atomic E-state index is 0.488. The molecule has 0 fully saturated rings. The first kappa shape index (κ1) is 17.5. The van der Waals surface area contributed by atoms with Crippen LogP contribution in [-0.4, -0.2) is 33.6 Å². The Morgan fingerprint density at radius 1 is 1.15 bits per heavy atom. The molecule has 140 valence electrons. The molecule has 2 N–H and O–H groups in total. The van der Waals surface area contributed by atoms with Gasteiger partial charge in [-0.3, -0.25) is 4.40 Å². The minimum Gasteiger partial charge on any atom is -0.357 e. The summed E-state index contributed by atoms with van der Waals surface area (Å²) in [6.07, 6.45) is 5.64. The number of aryl methyl sites for hydroxylation is 1. The second-order valence-electron chi connectivity index (χ2n) is 6.91. The van der Waals surface area contributed by atoms with E-state index >= 15 is 0 Å². The lowest BCUT2D eigenvalue weighted by Gasteiger charge is -2.26. The summed E-state index contributed by atoms with van der Waals surface area (Å²) < 4.78 is 1.98. The molecule has 0 radical (unpaired) electrons. The molecule has 6 heteroatoms. The molecule has 2 heterocycles. The number of benzene rings is 1. The van der Waals surface area contributed by atoms with E-state index in [9.17, 15) is 0 Å². The average Bonchev–Trinajstić information content (AvgIpc) is 3.13. The van der Waals surface area contributed by atoms with E-state index in [1.165, 1.54) is 30.4 Å². The standard InChI is InChI=1S/C21H26N6/c1-2-22-21(24-15-20-26-25-19-12-5-6-13-27(19)20)23-14-17-10-7-9-16-8-3-4-11-18(16)17/h3-6,8,11-13,17H,2,7,9-10,14-15H2,1H3,(H2,22,23,24). The predicted octanol–water partition coefficient (Wildman–Crippen LogP) is 2.90. The molecule has 1 atom stereocenters. The summed E-state index contributed by atoms with van der Waals surface area (Å²) in [7, 11) is 0. The Hall–Kier alpha value is -2.89. The predicted molar refractivity (Wildman–Crippen MR) is 108 cm³/mol. The van der Waals surface area contributed by atoms with E-state index in [-0.39, 0.29) is 0 Å². The van der Waals surface area contributed by atoms with Crippen LogP contribution in [0, 0.1) is 0 Å². The smallest absolute Gasteiger partial charge is 0.191 e. The lowest BCUT2D eigenvalue weighted by atomic mass is 9.83. The third-order valence-corrected chi connectivity index (χ3v) is 5.12. The maximum absolute atomic E-state index is 4.72. The molecule has 1 aliphatic rings. The zero-order valence-electron chi connectivity index (χ0n) is 15.7. The third-order valence-electron chi connectivity index (χ3n) is 5.12. The molecule has 2 aromatic heterocycles. The molecule has 0 aliphatic heterocycles. The van der Waals surface area contributed by atoms with Crippen LogP contribution in [0.15, 0.2) is 53.7 Å². The van der Waals surface area contributed by atoms with Crippen LogP contribution in [0.1, 0.15) is 42.6 Å². The van der Waals surface area contributed by atoms with Crippen molar-refractivity contribution in [3.63, 3.8) is 0 Å². The molecule has 1 unspecified atom stereocenters. The summed E-state index contributed by atoms with van der Waals surface area (Å²) in [5.74, 6) is 2.20. The molecule has 6 nitrogen and oxygen atoms in total. The van der Waals surface area contributed by atoms with Crippen molar-refractivity contribution in [1.82, 2.24) is 25.2 Å². The van der Waals surface area contributed by atoms with Gasteiger partial charge in [-0.1, -0.05) is 30.3 Å². The van der Waals surface area contributed by atoms with Gasteiger partial charge in [0.1, 0.15) is 6.54 Å². The fourth-order valence-corrected chi connectivity index (χ4v) is 3.78. The monoisotopic (exact) mass is 362 g/mol. The van der Waals surface area contributed by atoms with Crippen LogP contribution in [0.25, 0.3) is 5.65 Å². The normalized spacial score (nSPS) is 16.9. The zero-order chi connectivity index (χ0) is 18.5. The van der Waals surface area contributed by atoms with Gasteiger partial charge in [0, 0.05) is 25.2 Å². The lowest BCUT2D eigenvalue weighted by molar-refractivity contribution is 0.539. The Morgan fingerprint density at radius 2 is 2.04 bits per heavy atom. The Kier molecular flexibility index (Phi) is 5.32. The first-order valence-corrected chi connectivity index (χ1v) is 9.73. The number of hydrogen-bond donors (Lipinski definition) is 2. The lowest BCUT2D eigenvalue weighted by Crippen LogP contribution is -2.39. The first-order valence-electron chi connectivity index (χ1n) is 9.73. The van der Waals surface area contributed by atoms with E-state index in [2.05, 4.69) is 52.0 Å². The topological polar surface area (TPSA) is 66.6 Å². The van der Waals surface area contributed by atoms with Gasteiger partial charge in [-0.25, -0.2) is 4.99 Å². The highest BCUT2D eigenvalue weighted by molar-refractivity contribution is 5.79. The second-order valence-corrected chi connectivity index (χ2v) is 6.91. The minimum atomic E-state index is 0.488. The van der Waals surface area contributed by atoms with Crippen molar-refractivity contribution in [2.45, 2.75) is 38.6 Å². The van der Waals surface area contributed by atoms with Gasteiger partial charge in [0.15, 0.2) is 17.4 Å². The van der Waals surface area contributed by atoms with Crippen LogP contribution >= 0.6 is 0 Å². The third kappa shape index (κ3) is 3.94. The van der Waals surface area contributed by atoms with Gasteiger partial charge in [0.05, 0.1) is 0 Å². The molecule has 4 rings (SSSR count). The van der Waals surface area contributed by atoms with E-state index in [0.29, 0.717) is 12.5 Å². The summed E-state index contributed by atoms with van der Waals surface area (Å²) in [4.78, 5) is 4.72. The van der Waals surface area contributed by atoms with E-state index in [1.807, 2.05) is 28.8 Å². The van der Waals surface area contributed by atoms with Crippen LogP contribution < -0.4 is 10.6 Å². The SMILES string of the molecule is CCNC(=NCc1nnc2ccccn12)NCC1CCCc2ccccc21. The van der Waals surface area contributed by atoms with Crippen LogP contribution in [0.4, 0.5) is 0 Å². The zero-order valence-corrected chi connectivity index (χ0v) is 15.7. The van der Waals surface area contributed by atoms with Crippen molar-refractivity contribution in [3.8, 4) is 0 Å². The highest BCUT2D eigenvalue weighted by Crippen LogP contribution is 2.30. The Labute approximate surface area is 159 Å². The average molecular weight is 362 g/mol. The Balaban J connectivity index is 1.45. The Morgan fingerprint density at radius 3 is 2.96 bits per heavy atom. The van der Waals surface area contributed by atoms with Gasteiger partial charge in [-0.2, -0.15) is 0 Å². The van der Waals surface area contributed by atoms with Crippen molar-refractivity contribution in [1.29, 1.82) is 0 Å². The molecule has 0 bridgehead atoms. The number of guanidine groups is 1. The summed E-state index contributed by atoms with van der Waals surface area (Å²) in [6.45, 7) is 4.29. The van der Waals surface area contributed by atoms with Crippen molar-refractivity contribution in [3.05, 3.63) is 65.6 Å². The molecular weight excluding hydrogens is 336 g/mol. The van der Waals surface area contributed by atoms with Crippen LogP contribution in [0.3, 0.4) is 0 Å². The van der Waals surface area contributed by atoms with Crippen molar-refractivity contribution in [2.75, 3.05) is 13.1 Å². The Bertz CT molecular complexity index is 929. The van der Waals surface area contributed by atoms with Gasteiger partial charge >= 0.3 is 0 Å². The van der Waals surface area contributed by atoms with Crippen LogP contribution in [-0.2, 0) is 13.0 Å². The molecule has 0 saturated heterocycles. The fraction of sp³-hybridized carbons (Fsp3) is 0.381. The van der Waals surface area contributed by atoms with Crippen LogP contribution in [0.2, 0.25) is 0 Å². The summed E-state index contributed by atoms with van der Waals surface area (Å²) >= 11 is 0. The molecule has 27 heavy (non-hydrogen) atoms. The van der Waals surface area contributed by atoms with Crippen LogP contribution in [0.5, 0.6) is 0 Å². The largest absolute Gasteiger partial charge is 0.357 e. The summed E-state index contributed by atoms with van der Waals surface area (Å²) in [5.41, 5.74) is 3.82. The number of nitrogens with zero attached hydrogens (tertiary/aromatic N) is 4. The number of nitrogens with one attached hydrogen (secondary N) is 2. The van der Waals surface area contributed by atoms with E-state index in [1.54, 1.807) is 0 Å². The summed E-state index contributed by atoms with van der Waals surface area (Å²) in [5, 5.41) is 15.3. The molecule has 0 saturated carbocycles. The number of hydrogen-bond acceptors (Lipinski definition) is 3. The molecule has 0 amide bonds. The molecule has 1 aliphatic carbocycles. The highest BCUT2D eigenvalue weighted by atomic mass is 15.3. The molecule has 3 aromatic rings. The van der Waals surface area contributed by atoms with Crippen molar-refractivity contribution >= 4 is 11.6 Å². The number of pyridine rings is 1. The fourth-order valence-electron chi connectivity index (χ4n) is 3.78. The van der Waals surface area contributed by atoms with Gasteiger partial charge in [0.2, 0.25) is 0 Å². The maximum Gasteiger partial charge on any atom is 0.191 e. The second kappa shape index (κ2) is 8.20. The van der Waals surface area contributed by atoms with Gasteiger partial charge in [0.25, 0.3) is 0 Å². The number of aliphatic imine (C=N–C) groups is 1. The maximum atomic E-state index is 4.72. The first-order chi connectivity index (χ1) is 13.3. The quantitative estimate of drug-likeness (QED) is 0.541. The van der Waals surface area contributed by atoms with Gasteiger partial charge < -0.3 is 10.6 Å². The summed E-state index contributed by atoms with van der Waals surface area (Å²) in [6, 6.07) is 14.7. The number of rotatable bonds is 5. The molecule has 1 aromatic carbocycles. The van der Waals surface area contributed by atoms with E-state index in [4.69, 9.17) is 4.99 Å². The van der Waals surface area contributed by atoms with Crippen molar-refractivity contribution < 1.29 is 0 Å². The van der Waals surface area contributed by atoms with Crippen molar-refractivity contribution in [2.24, 2.45) is 4.99 Å². The number of aromatic nitrogens is 3. The van der Waals surface area contributed by atoms with Gasteiger partial charge in [-0.05, 0) is 49.4 Å². The highest BCUT2D eigenvalue weighted by Gasteiger charge is 2.19. The molecule has 0 spiro atoms. The molecular formula is C21H26N6. The van der Waals surface area contributed by atoms with Gasteiger partial charge in [-0.15, -0.1) is 10.2 Å². The number of fused-ring (bicyclic) bond motifs is 2. The van der Waals surface area contributed by atoms with E-state index < -0.39 is 0 Å².